The molecule has 0 aliphatic carbocycles. The first-order chi connectivity index (χ1) is 11.1. The van der Waals surface area contributed by atoms with Crippen molar-refractivity contribution in [3.05, 3.63) is 35.9 Å². The van der Waals surface area contributed by atoms with Gasteiger partial charge in [-0.2, -0.15) is 0 Å². The topological polar surface area (TPSA) is 26.7 Å². The summed E-state index contributed by atoms with van der Waals surface area (Å²) in [6.07, 6.45) is 4.95. The summed E-state index contributed by atoms with van der Waals surface area (Å²) in [5.74, 6) is 0.266. The molecule has 23 heavy (non-hydrogen) atoms. The van der Waals surface area contributed by atoms with Crippen molar-refractivity contribution >= 4 is 0 Å². The minimum Gasteiger partial charge on any atom is -0.385 e. The summed E-state index contributed by atoms with van der Waals surface area (Å²) in [5.41, 5.74) is 0.400. The molecule has 1 aromatic rings. The molecule has 128 valence electrons. The summed E-state index contributed by atoms with van der Waals surface area (Å²) in [6, 6.07) is 10.7. The van der Waals surface area contributed by atoms with Gasteiger partial charge in [0.2, 0.25) is 0 Å². The standard InChI is InChI=1S/C20H32N2O/c1-17-16-22(14-13-21-11-7-4-8-12-21)18(2)15-20(17,23)19-9-5-3-6-10-19/h3,5-6,9-10,17-18,23H,4,7-8,11-16H2,1-2H3. The van der Waals surface area contributed by atoms with Gasteiger partial charge in [-0.15, -0.1) is 0 Å². The predicted octanol–water partition coefficient (Wildman–Crippen LogP) is 3.09. The Hall–Kier alpha value is -0.900. The Morgan fingerprint density at radius 1 is 1.04 bits per heavy atom. The summed E-state index contributed by atoms with van der Waals surface area (Å²) in [7, 11) is 0. The normalized spacial score (nSPS) is 33.7. The fraction of sp³-hybridized carbons (Fsp3) is 0.700. The molecule has 0 bridgehead atoms. The summed E-state index contributed by atoms with van der Waals surface area (Å²) >= 11 is 0. The lowest BCUT2D eigenvalue weighted by Gasteiger charge is -2.47. The second-order valence-electron chi connectivity index (χ2n) is 7.64. The Kier molecular flexibility index (Phi) is 5.40. The van der Waals surface area contributed by atoms with Crippen LogP contribution in [0.1, 0.15) is 45.1 Å². The maximum Gasteiger partial charge on any atom is 0.0948 e. The first-order valence-corrected chi connectivity index (χ1v) is 9.34. The molecule has 3 nitrogen and oxygen atoms in total. The van der Waals surface area contributed by atoms with E-state index in [2.05, 4.69) is 35.8 Å². The van der Waals surface area contributed by atoms with Gasteiger partial charge in [0.15, 0.2) is 0 Å². The Balaban J connectivity index is 1.60. The maximum atomic E-state index is 11.3. The van der Waals surface area contributed by atoms with E-state index < -0.39 is 5.60 Å². The molecule has 0 saturated carbocycles. The van der Waals surface area contributed by atoms with E-state index >= 15 is 0 Å². The van der Waals surface area contributed by atoms with Gasteiger partial charge in [0, 0.05) is 31.6 Å². The van der Waals surface area contributed by atoms with Crippen LogP contribution in [0.3, 0.4) is 0 Å². The molecular formula is C20H32N2O. The van der Waals surface area contributed by atoms with Gasteiger partial charge in [0.05, 0.1) is 5.60 Å². The van der Waals surface area contributed by atoms with Gasteiger partial charge in [-0.25, -0.2) is 0 Å². The second kappa shape index (κ2) is 7.33. The van der Waals surface area contributed by atoms with Gasteiger partial charge in [0.25, 0.3) is 0 Å². The highest BCUT2D eigenvalue weighted by Gasteiger charge is 2.43. The van der Waals surface area contributed by atoms with Crippen molar-refractivity contribution in [1.29, 1.82) is 0 Å². The van der Waals surface area contributed by atoms with Gasteiger partial charge < -0.3 is 10.0 Å². The molecule has 3 unspecified atom stereocenters. The maximum absolute atomic E-state index is 11.3. The van der Waals surface area contributed by atoms with Crippen LogP contribution in [-0.4, -0.2) is 53.7 Å². The van der Waals surface area contributed by atoms with Crippen molar-refractivity contribution in [2.45, 2.75) is 51.2 Å². The van der Waals surface area contributed by atoms with Crippen molar-refractivity contribution < 1.29 is 5.11 Å². The highest BCUT2D eigenvalue weighted by molar-refractivity contribution is 5.24. The average molecular weight is 316 g/mol. The molecule has 2 heterocycles. The molecule has 0 spiro atoms. The van der Waals surface area contributed by atoms with Crippen LogP contribution in [0, 0.1) is 5.92 Å². The predicted molar refractivity (Wildman–Crippen MR) is 95.4 cm³/mol. The highest BCUT2D eigenvalue weighted by Crippen LogP contribution is 2.39. The molecule has 1 aromatic carbocycles. The van der Waals surface area contributed by atoms with Crippen molar-refractivity contribution in [2.24, 2.45) is 5.92 Å². The van der Waals surface area contributed by atoms with Gasteiger partial charge in [-0.05, 0) is 44.8 Å². The lowest BCUT2D eigenvalue weighted by Crippen LogP contribution is -2.54. The van der Waals surface area contributed by atoms with Crippen LogP contribution in [0.2, 0.25) is 0 Å². The molecule has 2 aliphatic heterocycles. The van der Waals surface area contributed by atoms with Crippen molar-refractivity contribution in [2.75, 3.05) is 32.7 Å². The number of benzene rings is 1. The second-order valence-corrected chi connectivity index (χ2v) is 7.64. The number of likely N-dealkylation sites (tertiary alicyclic amines) is 2. The number of aliphatic hydroxyl groups is 1. The lowest BCUT2D eigenvalue weighted by molar-refractivity contribution is -0.0916. The number of hydrogen-bond donors (Lipinski definition) is 1. The summed E-state index contributed by atoms with van der Waals surface area (Å²) in [6.45, 7) is 10.3. The van der Waals surface area contributed by atoms with Crippen LogP contribution in [0.15, 0.2) is 30.3 Å². The van der Waals surface area contributed by atoms with Crippen molar-refractivity contribution in [1.82, 2.24) is 9.80 Å². The SMILES string of the molecule is CC1CC(O)(c2ccccc2)C(C)CN1CCN1CCCCC1. The van der Waals surface area contributed by atoms with Crippen molar-refractivity contribution in [3.8, 4) is 0 Å². The lowest BCUT2D eigenvalue weighted by atomic mass is 9.74. The molecule has 3 atom stereocenters. The van der Waals surface area contributed by atoms with E-state index in [4.69, 9.17) is 0 Å². The Bertz CT molecular complexity index is 486. The third-order valence-corrected chi connectivity index (χ3v) is 5.98. The van der Waals surface area contributed by atoms with E-state index in [1.165, 1.54) is 38.9 Å². The monoisotopic (exact) mass is 316 g/mol. The molecule has 0 amide bonds. The highest BCUT2D eigenvalue weighted by atomic mass is 16.3. The third kappa shape index (κ3) is 3.78. The first kappa shape index (κ1) is 16.9. The Morgan fingerprint density at radius 3 is 2.43 bits per heavy atom. The minimum atomic E-state index is -0.678. The summed E-state index contributed by atoms with van der Waals surface area (Å²) in [5, 5.41) is 11.3. The fourth-order valence-electron chi connectivity index (χ4n) is 4.36. The van der Waals surface area contributed by atoms with Gasteiger partial charge in [-0.3, -0.25) is 4.90 Å². The van der Waals surface area contributed by atoms with Crippen LogP contribution in [-0.2, 0) is 5.60 Å². The van der Waals surface area contributed by atoms with Gasteiger partial charge >= 0.3 is 0 Å². The van der Waals surface area contributed by atoms with Crippen LogP contribution < -0.4 is 0 Å². The summed E-state index contributed by atoms with van der Waals surface area (Å²) in [4.78, 5) is 5.19. The molecule has 3 heteroatoms. The molecule has 1 N–H and O–H groups in total. The van der Waals surface area contributed by atoms with E-state index in [9.17, 15) is 5.11 Å². The smallest absolute Gasteiger partial charge is 0.0948 e. The quantitative estimate of drug-likeness (QED) is 0.925. The van der Waals surface area contributed by atoms with Crippen LogP contribution in [0.4, 0.5) is 0 Å². The van der Waals surface area contributed by atoms with Gasteiger partial charge in [-0.1, -0.05) is 43.7 Å². The number of piperidine rings is 2. The largest absolute Gasteiger partial charge is 0.385 e. The molecule has 2 saturated heterocycles. The molecule has 2 fully saturated rings. The van der Waals surface area contributed by atoms with Crippen LogP contribution in [0.25, 0.3) is 0 Å². The van der Waals surface area contributed by atoms with Gasteiger partial charge in [0.1, 0.15) is 0 Å². The van der Waals surface area contributed by atoms with E-state index in [-0.39, 0.29) is 5.92 Å². The Morgan fingerprint density at radius 2 is 1.74 bits per heavy atom. The molecular weight excluding hydrogens is 284 g/mol. The average Bonchev–Trinajstić information content (AvgIpc) is 2.59. The molecule has 0 radical (unpaired) electrons. The molecule has 3 rings (SSSR count). The van der Waals surface area contributed by atoms with E-state index in [0.717, 1.165) is 25.1 Å². The van der Waals surface area contributed by atoms with E-state index in [0.29, 0.717) is 6.04 Å². The fourth-order valence-corrected chi connectivity index (χ4v) is 4.36. The van der Waals surface area contributed by atoms with Crippen molar-refractivity contribution in [3.63, 3.8) is 0 Å². The number of nitrogens with zero attached hydrogens (tertiary/aromatic N) is 2. The van der Waals surface area contributed by atoms with Crippen LogP contribution in [0.5, 0.6) is 0 Å². The third-order valence-electron chi connectivity index (χ3n) is 5.98. The zero-order valence-electron chi connectivity index (χ0n) is 14.7. The number of rotatable bonds is 4. The zero-order valence-corrected chi connectivity index (χ0v) is 14.7. The minimum absolute atomic E-state index is 0.266. The summed E-state index contributed by atoms with van der Waals surface area (Å²) < 4.78 is 0. The zero-order chi connectivity index (χ0) is 16.3. The first-order valence-electron chi connectivity index (χ1n) is 9.34. The molecule has 0 aromatic heterocycles. The van der Waals surface area contributed by atoms with E-state index in [1.807, 2.05) is 18.2 Å². The van der Waals surface area contributed by atoms with E-state index in [1.54, 1.807) is 0 Å². The van der Waals surface area contributed by atoms with Crippen LogP contribution >= 0.6 is 0 Å². The molecule has 2 aliphatic rings. The Labute approximate surface area is 141 Å². The number of hydrogen-bond acceptors (Lipinski definition) is 3.